The first kappa shape index (κ1) is 19.6. The van der Waals surface area contributed by atoms with Gasteiger partial charge in [0.25, 0.3) is 0 Å². The van der Waals surface area contributed by atoms with Gasteiger partial charge in [-0.05, 0) is 6.42 Å². The van der Waals surface area contributed by atoms with Crippen molar-refractivity contribution in [2.75, 3.05) is 0 Å². The Morgan fingerprint density at radius 3 is 1.45 bits per heavy atom. The van der Waals surface area contributed by atoms with Crippen LogP contribution in [0.2, 0.25) is 0 Å². The van der Waals surface area contributed by atoms with E-state index < -0.39 is 17.9 Å². The molecule has 0 spiro atoms. The van der Waals surface area contributed by atoms with E-state index in [-0.39, 0.29) is 144 Å². The van der Waals surface area contributed by atoms with Gasteiger partial charge in [0.15, 0.2) is 0 Å². The molecule has 11 heavy (non-hydrogen) atoms. The van der Waals surface area contributed by atoms with E-state index in [2.05, 4.69) is 0 Å². The molecule has 0 fully saturated rings. The van der Waals surface area contributed by atoms with E-state index in [0.29, 0.717) is 0 Å². The van der Waals surface area contributed by atoms with Gasteiger partial charge in [-0.25, -0.2) is 0 Å². The first-order chi connectivity index (χ1) is 4.09. The maximum Gasteiger partial charge on any atom is 1.00 e. The van der Waals surface area contributed by atoms with E-state index in [1.165, 1.54) is 6.92 Å². The first-order valence-electron chi connectivity index (χ1n) is 2.51. The van der Waals surface area contributed by atoms with E-state index in [9.17, 15) is 19.8 Å². The number of hydrogen-bond donors (Lipinski definition) is 0. The molecule has 0 amide bonds. The molecule has 0 unspecified atom stereocenters. The fourth-order valence-corrected chi connectivity index (χ4v) is 0.430. The van der Waals surface area contributed by atoms with Crippen LogP contribution in [0.3, 0.4) is 0 Å². The summed E-state index contributed by atoms with van der Waals surface area (Å²) in [6, 6.07) is 0. The number of carboxylic acid groups (broad SMARTS) is 2. The van der Waals surface area contributed by atoms with Crippen LogP contribution < -0.4 is 148 Å². The summed E-state index contributed by atoms with van der Waals surface area (Å²) in [6.45, 7) is 1.44. The Hall–Kier alpha value is 3.04. The molecule has 0 rings (SSSR count). The number of carbonyl (C=O) groups is 2. The minimum Gasteiger partial charge on any atom is -0.549 e. The molecule has 52 valence electrons. The number of aliphatic carboxylic acids is 2. The molecule has 0 saturated carbocycles. The second-order valence-corrected chi connectivity index (χ2v) is 1.60. The summed E-state index contributed by atoms with van der Waals surface area (Å²) in [7, 11) is 0. The van der Waals surface area contributed by atoms with Crippen LogP contribution in [-0.2, 0) is 9.59 Å². The van der Waals surface area contributed by atoms with Crippen LogP contribution in [0.4, 0.5) is 0 Å². The van der Waals surface area contributed by atoms with Crippen molar-refractivity contribution in [2.45, 2.75) is 13.3 Å². The van der Waals surface area contributed by atoms with Crippen molar-refractivity contribution in [2.24, 2.45) is 5.92 Å². The third-order valence-electron chi connectivity index (χ3n) is 0.977. The van der Waals surface area contributed by atoms with Crippen LogP contribution in [0.25, 0.3) is 0 Å². The summed E-state index contributed by atoms with van der Waals surface area (Å²) in [5, 5.41) is 19.7. The molecule has 4 nitrogen and oxygen atoms in total. The number of carboxylic acids is 2. The second kappa shape index (κ2) is 11.1. The SMILES string of the molecule is CCC(C(=O)[O-])C(=O)[O-].[Cs+].[Cs+]. The first-order valence-corrected chi connectivity index (χ1v) is 2.51. The smallest absolute Gasteiger partial charge is 0.549 e. The van der Waals surface area contributed by atoms with E-state index in [1.54, 1.807) is 0 Å². The second-order valence-electron chi connectivity index (χ2n) is 1.60. The van der Waals surface area contributed by atoms with Crippen molar-refractivity contribution >= 4 is 11.9 Å². The largest absolute Gasteiger partial charge is 1.00 e. The summed E-state index contributed by atoms with van der Waals surface area (Å²) in [4.78, 5) is 19.7. The molecule has 0 N–H and O–H groups in total. The number of carbonyl (C=O) groups excluding carboxylic acids is 2. The molecule has 0 aliphatic rings. The van der Waals surface area contributed by atoms with Crippen LogP contribution in [0.1, 0.15) is 13.3 Å². The van der Waals surface area contributed by atoms with Crippen LogP contribution in [-0.4, -0.2) is 11.9 Å². The van der Waals surface area contributed by atoms with E-state index in [0.717, 1.165) is 0 Å². The standard InChI is InChI=1S/C5H8O4.2Cs/c1-2-3(4(6)7)5(8)9;;/h3H,2H2,1H3,(H,6,7)(H,8,9);;/q;2*+1/p-2. The third kappa shape index (κ3) is 9.35. The minimum atomic E-state index is -1.59. The average Bonchev–Trinajstić information content (AvgIpc) is 1.64. The number of rotatable bonds is 3. The molecule has 0 aromatic rings. The Morgan fingerprint density at radius 1 is 1.18 bits per heavy atom. The van der Waals surface area contributed by atoms with Crippen LogP contribution in [0.5, 0.6) is 0 Å². The Labute approximate surface area is 183 Å². The molecule has 0 aliphatic heterocycles. The van der Waals surface area contributed by atoms with Crippen molar-refractivity contribution in [1.82, 2.24) is 0 Å². The zero-order valence-corrected chi connectivity index (χ0v) is 19.5. The summed E-state index contributed by atoms with van der Waals surface area (Å²) < 4.78 is 0. The van der Waals surface area contributed by atoms with Gasteiger partial charge < -0.3 is 19.8 Å². The predicted octanol–water partition coefficient (Wildman–Crippen LogP) is -8.48. The summed E-state index contributed by atoms with van der Waals surface area (Å²) in [5.74, 6) is -4.64. The molecule has 0 radical (unpaired) electrons. The van der Waals surface area contributed by atoms with Gasteiger partial charge in [0.1, 0.15) is 0 Å². The fraction of sp³-hybridized carbons (Fsp3) is 0.600. The summed E-state index contributed by atoms with van der Waals surface area (Å²) in [5.41, 5.74) is 0. The Morgan fingerprint density at radius 2 is 1.45 bits per heavy atom. The Bertz CT molecular complexity index is 122. The van der Waals surface area contributed by atoms with Gasteiger partial charge in [0.05, 0.1) is 11.9 Å². The third-order valence-corrected chi connectivity index (χ3v) is 0.977. The van der Waals surface area contributed by atoms with E-state index >= 15 is 0 Å². The molecular weight excluding hydrogens is 390 g/mol. The van der Waals surface area contributed by atoms with E-state index in [1.807, 2.05) is 0 Å². The summed E-state index contributed by atoms with van der Waals surface area (Å²) >= 11 is 0. The quantitative estimate of drug-likeness (QED) is 0.444. The van der Waals surface area contributed by atoms with Gasteiger partial charge in [-0.1, -0.05) is 6.92 Å². The molecule has 0 atom stereocenters. The Kier molecular flexibility index (Phi) is 19.8. The molecule has 0 bridgehead atoms. The van der Waals surface area contributed by atoms with Gasteiger partial charge in [-0.3, -0.25) is 0 Å². The van der Waals surface area contributed by atoms with Crippen LogP contribution >= 0.6 is 0 Å². The maximum absolute atomic E-state index is 9.84. The molecule has 0 aliphatic carbocycles. The molecular formula is C5H6Cs2O4. The van der Waals surface area contributed by atoms with Crippen LogP contribution in [0, 0.1) is 5.92 Å². The average molecular weight is 396 g/mol. The van der Waals surface area contributed by atoms with Crippen molar-refractivity contribution in [3.8, 4) is 0 Å². The van der Waals surface area contributed by atoms with Gasteiger partial charge in [-0.15, -0.1) is 0 Å². The topological polar surface area (TPSA) is 80.3 Å². The van der Waals surface area contributed by atoms with Crippen molar-refractivity contribution < 1.29 is 158 Å². The van der Waals surface area contributed by atoms with Gasteiger partial charge in [0, 0.05) is 5.92 Å². The molecule has 0 heterocycles. The van der Waals surface area contributed by atoms with Crippen molar-refractivity contribution in [1.29, 1.82) is 0 Å². The van der Waals surface area contributed by atoms with Crippen molar-refractivity contribution in [3.05, 3.63) is 0 Å². The van der Waals surface area contributed by atoms with Crippen molar-refractivity contribution in [3.63, 3.8) is 0 Å². The maximum atomic E-state index is 9.84. The molecule has 0 aromatic heterocycles. The fourth-order valence-electron chi connectivity index (χ4n) is 0.430. The number of hydrogen-bond acceptors (Lipinski definition) is 4. The van der Waals surface area contributed by atoms with Gasteiger partial charge >= 0.3 is 138 Å². The predicted molar refractivity (Wildman–Crippen MR) is 23.8 cm³/mol. The molecule has 0 saturated heterocycles. The van der Waals surface area contributed by atoms with Gasteiger partial charge in [0.2, 0.25) is 0 Å². The molecule has 6 heteroatoms. The zero-order chi connectivity index (χ0) is 7.44. The zero-order valence-electron chi connectivity index (χ0n) is 6.92. The normalized spacial score (nSPS) is 7.82. The Balaban J connectivity index is -0.000000320. The molecule has 0 aromatic carbocycles. The monoisotopic (exact) mass is 396 g/mol. The van der Waals surface area contributed by atoms with Gasteiger partial charge in [-0.2, -0.15) is 0 Å². The minimum absolute atomic E-state index is 0. The van der Waals surface area contributed by atoms with E-state index in [4.69, 9.17) is 0 Å². The van der Waals surface area contributed by atoms with Crippen LogP contribution in [0.15, 0.2) is 0 Å². The summed E-state index contributed by atoms with van der Waals surface area (Å²) in [6.07, 6.45) is 0.00463.